The second-order valence-corrected chi connectivity index (χ2v) is 5.87. The smallest absolute Gasteiger partial charge is 0.176 e. The van der Waals surface area contributed by atoms with Crippen LogP contribution in [0.5, 0.6) is 0 Å². The van der Waals surface area contributed by atoms with Crippen LogP contribution >= 0.6 is 0 Å². The summed E-state index contributed by atoms with van der Waals surface area (Å²) >= 11 is 0. The third-order valence-corrected chi connectivity index (χ3v) is 3.12. The molecule has 0 amide bonds. The van der Waals surface area contributed by atoms with Gasteiger partial charge in [0, 0.05) is 30.7 Å². The van der Waals surface area contributed by atoms with Crippen LogP contribution in [-0.2, 0) is 6.54 Å². The summed E-state index contributed by atoms with van der Waals surface area (Å²) in [6.45, 7) is 7.21. The highest BCUT2D eigenvalue weighted by Crippen LogP contribution is 2.17. The molecule has 104 valence electrons. The Kier molecular flexibility index (Phi) is 3.06. The van der Waals surface area contributed by atoms with Gasteiger partial charge in [0.25, 0.3) is 0 Å². The van der Waals surface area contributed by atoms with Crippen LogP contribution in [0.4, 0.5) is 0 Å². The zero-order chi connectivity index (χ0) is 14.2. The van der Waals surface area contributed by atoms with Gasteiger partial charge >= 0.3 is 0 Å². The minimum absolute atomic E-state index is 0.0559. The van der Waals surface area contributed by atoms with Gasteiger partial charge in [-0.2, -0.15) is 5.10 Å². The Hall–Kier alpha value is -2.14. The number of nitrogens with zero attached hydrogens (tertiary/aromatic N) is 4. The zero-order valence-corrected chi connectivity index (χ0v) is 12.0. The molecule has 0 fully saturated rings. The molecule has 0 saturated heterocycles. The molecule has 0 saturated carbocycles. The van der Waals surface area contributed by atoms with Gasteiger partial charge in [-0.15, -0.1) is 0 Å². The Morgan fingerprint density at radius 1 is 1.15 bits per heavy atom. The molecular formula is C15H19N5. The van der Waals surface area contributed by atoms with E-state index >= 15 is 0 Å². The Labute approximate surface area is 118 Å². The number of fused-ring (bicyclic) bond motifs is 1. The van der Waals surface area contributed by atoms with Gasteiger partial charge in [0.1, 0.15) is 5.65 Å². The standard InChI is InChI=1S/C15H19N5/c1-15(2,3)16-11-12-14(20-10-6-8-17-20)18-13-7-4-5-9-19(12)13/h4-10,16H,11H2,1-3H3. The average Bonchev–Trinajstić information content (AvgIpc) is 3.02. The maximum atomic E-state index is 4.68. The molecule has 3 rings (SSSR count). The van der Waals surface area contributed by atoms with E-state index in [9.17, 15) is 0 Å². The van der Waals surface area contributed by atoms with Gasteiger partial charge in [-0.05, 0) is 39.0 Å². The van der Waals surface area contributed by atoms with E-state index in [1.165, 1.54) is 0 Å². The Morgan fingerprint density at radius 3 is 2.70 bits per heavy atom. The van der Waals surface area contributed by atoms with Gasteiger partial charge in [0.15, 0.2) is 5.82 Å². The van der Waals surface area contributed by atoms with Gasteiger partial charge in [-0.25, -0.2) is 9.67 Å². The van der Waals surface area contributed by atoms with Crippen LogP contribution in [0.2, 0.25) is 0 Å². The van der Waals surface area contributed by atoms with Crippen molar-refractivity contribution in [2.24, 2.45) is 0 Å². The fourth-order valence-corrected chi connectivity index (χ4v) is 2.12. The number of nitrogens with one attached hydrogen (secondary N) is 1. The predicted octanol–water partition coefficient (Wildman–Crippen LogP) is 2.41. The third kappa shape index (κ3) is 2.44. The van der Waals surface area contributed by atoms with Crippen molar-refractivity contribution in [3.63, 3.8) is 0 Å². The lowest BCUT2D eigenvalue weighted by Gasteiger charge is -2.20. The van der Waals surface area contributed by atoms with Gasteiger partial charge in [-0.3, -0.25) is 0 Å². The van der Waals surface area contributed by atoms with E-state index in [0.717, 1.165) is 23.7 Å². The van der Waals surface area contributed by atoms with Crippen LogP contribution in [0.15, 0.2) is 42.9 Å². The molecule has 0 unspecified atom stereocenters. The van der Waals surface area contributed by atoms with E-state index in [0.29, 0.717) is 0 Å². The lowest BCUT2D eigenvalue weighted by molar-refractivity contribution is 0.420. The van der Waals surface area contributed by atoms with Crippen molar-refractivity contribution >= 4 is 5.65 Å². The van der Waals surface area contributed by atoms with E-state index in [1.54, 1.807) is 6.20 Å². The van der Waals surface area contributed by atoms with Crippen LogP contribution in [0.25, 0.3) is 11.5 Å². The molecule has 0 aromatic carbocycles. The first-order chi connectivity index (χ1) is 9.54. The minimum Gasteiger partial charge on any atom is -0.306 e. The van der Waals surface area contributed by atoms with E-state index in [4.69, 9.17) is 0 Å². The molecule has 0 atom stereocenters. The van der Waals surface area contributed by atoms with E-state index in [-0.39, 0.29) is 5.54 Å². The molecular weight excluding hydrogens is 250 g/mol. The van der Waals surface area contributed by atoms with Crippen molar-refractivity contribution in [3.05, 3.63) is 48.5 Å². The van der Waals surface area contributed by atoms with Crippen molar-refractivity contribution in [1.29, 1.82) is 0 Å². The van der Waals surface area contributed by atoms with Gasteiger partial charge in [0.05, 0.1) is 5.69 Å². The summed E-state index contributed by atoms with van der Waals surface area (Å²) in [5.41, 5.74) is 2.10. The molecule has 0 aliphatic carbocycles. The maximum Gasteiger partial charge on any atom is 0.176 e. The van der Waals surface area contributed by atoms with Crippen LogP contribution in [0.1, 0.15) is 26.5 Å². The van der Waals surface area contributed by atoms with E-state index in [2.05, 4.69) is 40.6 Å². The number of hydrogen-bond donors (Lipinski definition) is 1. The second-order valence-electron chi connectivity index (χ2n) is 5.87. The lowest BCUT2D eigenvalue weighted by atomic mass is 10.1. The van der Waals surface area contributed by atoms with Crippen LogP contribution in [0.3, 0.4) is 0 Å². The summed E-state index contributed by atoms with van der Waals surface area (Å²) in [4.78, 5) is 4.68. The highest BCUT2D eigenvalue weighted by atomic mass is 15.3. The largest absolute Gasteiger partial charge is 0.306 e. The first-order valence-corrected chi connectivity index (χ1v) is 6.76. The summed E-state index contributed by atoms with van der Waals surface area (Å²) < 4.78 is 3.92. The van der Waals surface area contributed by atoms with Gasteiger partial charge in [-0.1, -0.05) is 6.07 Å². The minimum atomic E-state index is 0.0559. The zero-order valence-electron chi connectivity index (χ0n) is 12.0. The topological polar surface area (TPSA) is 47.2 Å². The number of pyridine rings is 1. The molecule has 3 aromatic rings. The molecule has 0 bridgehead atoms. The first-order valence-electron chi connectivity index (χ1n) is 6.76. The summed E-state index contributed by atoms with van der Waals surface area (Å²) in [5, 5.41) is 7.82. The molecule has 0 radical (unpaired) electrons. The van der Waals surface area contributed by atoms with Crippen molar-refractivity contribution in [1.82, 2.24) is 24.5 Å². The van der Waals surface area contributed by atoms with Gasteiger partial charge in [0.2, 0.25) is 0 Å². The monoisotopic (exact) mass is 269 g/mol. The maximum absolute atomic E-state index is 4.68. The van der Waals surface area contributed by atoms with Crippen LogP contribution in [0, 0.1) is 0 Å². The van der Waals surface area contributed by atoms with E-state index in [1.807, 2.05) is 41.3 Å². The highest BCUT2D eigenvalue weighted by molar-refractivity contribution is 5.48. The Balaban J connectivity index is 2.09. The van der Waals surface area contributed by atoms with Crippen molar-refractivity contribution < 1.29 is 0 Å². The Morgan fingerprint density at radius 2 is 2.00 bits per heavy atom. The van der Waals surface area contributed by atoms with E-state index < -0.39 is 0 Å². The number of hydrogen-bond acceptors (Lipinski definition) is 3. The predicted molar refractivity (Wildman–Crippen MR) is 78.9 cm³/mol. The summed E-state index contributed by atoms with van der Waals surface area (Å²) in [5.74, 6) is 0.873. The first kappa shape index (κ1) is 12.9. The third-order valence-electron chi connectivity index (χ3n) is 3.12. The highest BCUT2D eigenvalue weighted by Gasteiger charge is 2.16. The van der Waals surface area contributed by atoms with Crippen LogP contribution < -0.4 is 5.32 Å². The SMILES string of the molecule is CC(C)(C)NCc1c(-n2cccn2)nc2ccccn12. The normalized spacial score (nSPS) is 12.2. The molecule has 3 aromatic heterocycles. The fourth-order valence-electron chi connectivity index (χ4n) is 2.12. The molecule has 0 aliphatic heterocycles. The van der Waals surface area contributed by atoms with Crippen molar-refractivity contribution in [2.75, 3.05) is 0 Å². The number of aromatic nitrogens is 4. The fraction of sp³-hybridized carbons (Fsp3) is 0.333. The molecule has 3 heterocycles. The summed E-state index contributed by atoms with van der Waals surface area (Å²) in [6, 6.07) is 7.93. The van der Waals surface area contributed by atoms with Crippen molar-refractivity contribution in [3.8, 4) is 5.82 Å². The summed E-state index contributed by atoms with van der Waals surface area (Å²) in [7, 11) is 0. The average molecular weight is 269 g/mol. The molecule has 1 N–H and O–H groups in total. The van der Waals surface area contributed by atoms with Crippen molar-refractivity contribution in [2.45, 2.75) is 32.9 Å². The number of imidazole rings is 1. The summed E-state index contributed by atoms with van der Waals surface area (Å²) in [6.07, 6.45) is 5.72. The Bertz CT molecular complexity index is 704. The van der Waals surface area contributed by atoms with Gasteiger partial charge < -0.3 is 9.72 Å². The number of rotatable bonds is 3. The second kappa shape index (κ2) is 4.76. The van der Waals surface area contributed by atoms with Crippen LogP contribution in [-0.4, -0.2) is 24.7 Å². The lowest BCUT2D eigenvalue weighted by Crippen LogP contribution is -2.35. The molecule has 20 heavy (non-hydrogen) atoms. The molecule has 5 heteroatoms. The molecule has 0 aliphatic rings. The molecule has 5 nitrogen and oxygen atoms in total. The molecule has 0 spiro atoms. The quantitative estimate of drug-likeness (QED) is 0.794.